The number of aryl methyl sites for hydroxylation is 1. The van der Waals surface area contributed by atoms with Gasteiger partial charge in [0, 0.05) is 25.9 Å². The lowest BCUT2D eigenvalue weighted by Crippen LogP contribution is -2.50. The van der Waals surface area contributed by atoms with Crippen molar-refractivity contribution in [3.8, 4) is 5.75 Å². The van der Waals surface area contributed by atoms with Crippen molar-refractivity contribution in [2.75, 3.05) is 38.3 Å². The zero-order chi connectivity index (χ0) is 23.2. The van der Waals surface area contributed by atoms with Crippen LogP contribution in [0.5, 0.6) is 5.75 Å². The van der Waals surface area contributed by atoms with E-state index in [1.165, 1.54) is 0 Å². The molecule has 0 aliphatic carbocycles. The van der Waals surface area contributed by atoms with Crippen LogP contribution in [0.15, 0.2) is 35.3 Å². The second-order valence-electron chi connectivity index (χ2n) is 6.44. The number of nitrogens with zero attached hydrogens (tertiary/aromatic N) is 3. The van der Waals surface area contributed by atoms with Crippen molar-refractivity contribution >= 4 is 11.7 Å². The molecule has 1 aliphatic heterocycles. The van der Waals surface area contributed by atoms with E-state index < -0.39 is 0 Å². The summed E-state index contributed by atoms with van der Waals surface area (Å²) in [6.45, 7) is 9.60. The number of methoxy groups -OCH3 is 1. The van der Waals surface area contributed by atoms with Gasteiger partial charge >= 0.3 is 0 Å². The van der Waals surface area contributed by atoms with Gasteiger partial charge < -0.3 is 24.6 Å². The Morgan fingerprint density at radius 1 is 1.13 bits per heavy atom. The molecular formula is C23H36N4O4. The van der Waals surface area contributed by atoms with E-state index >= 15 is 0 Å². The van der Waals surface area contributed by atoms with Crippen LogP contribution in [0.25, 0.3) is 0 Å². The van der Waals surface area contributed by atoms with Crippen LogP contribution in [0.3, 0.4) is 0 Å². The summed E-state index contributed by atoms with van der Waals surface area (Å²) < 4.78 is 6.78. The van der Waals surface area contributed by atoms with Crippen molar-refractivity contribution in [2.45, 2.75) is 47.1 Å². The number of benzene rings is 1. The largest absolute Gasteiger partial charge is 0.497 e. The van der Waals surface area contributed by atoms with Crippen molar-refractivity contribution in [2.24, 2.45) is 0 Å². The Bertz CT molecular complexity index is 850. The lowest BCUT2D eigenvalue weighted by Gasteiger charge is -2.27. The summed E-state index contributed by atoms with van der Waals surface area (Å²) in [6.07, 6.45) is 2.86. The molecule has 0 spiro atoms. The van der Waals surface area contributed by atoms with Crippen LogP contribution in [0.4, 0.5) is 5.82 Å². The highest BCUT2D eigenvalue weighted by Crippen LogP contribution is 2.14. The third-order valence-corrected chi connectivity index (χ3v) is 4.45. The molecule has 1 aliphatic rings. The molecular weight excluding hydrogens is 396 g/mol. The van der Waals surface area contributed by atoms with E-state index in [2.05, 4.69) is 10.3 Å². The summed E-state index contributed by atoms with van der Waals surface area (Å²) in [4.78, 5) is 30.9. The van der Waals surface area contributed by atoms with Gasteiger partial charge in [0.15, 0.2) is 5.82 Å². The SMILES string of the molecule is CC.CC.COc1ccc(Cn2cc(CCCO)nc(N3CCNC(=O)C3)c2=O)cc1. The fourth-order valence-corrected chi connectivity index (χ4v) is 3.03. The molecule has 2 heterocycles. The number of amides is 1. The molecule has 8 heteroatoms. The van der Waals surface area contributed by atoms with Gasteiger partial charge in [0.2, 0.25) is 5.91 Å². The molecule has 2 N–H and O–H groups in total. The van der Waals surface area contributed by atoms with Crippen LogP contribution in [0.1, 0.15) is 45.4 Å². The molecule has 1 amide bonds. The summed E-state index contributed by atoms with van der Waals surface area (Å²) in [5.74, 6) is 0.920. The number of rotatable bonds is 7. The van der Waals surface area contributed by atoms with Crippen LogP contribution in [-0.4, -0.2) is 53.9 Å². The molecule has 0 radical (unpaired) electrons. The number of aliphatic hydroxyl groups excluding tert-OH is 1. The van der Waals surface area contributed by atoms with E-state index in [9.17, 15) is 9.59 Å². The van der Waals surface area contributed by atoms with Crippen LogP contribution in [0, 0.1) is 0 Å². The van der Waals surface area contributed by atoms with E-state index in [4.69, 9.17) is 9.84 Å². The number of carbonyl (C=O) groups excluding carboxylic acids is 1. The van der Waals surface area contributed by atoms with E-state index in [-0.39, 0.29) is 30.4 Å². The average Bonchev–Trinajstić information content (AvgIpc) is 2.82. The molecule has 3 rings (SSSR count). The van der Waals surface area contributed by atoms with E-state index in [1.807, 2.05) is 52.0 Å². The second kappa shape index (κ2) is 14.2. The number of hydrogen-bond acceptors (Lipinski definition) is 6. The van der Waals surface area contributed by atoms with Gasteiger partial charge in [-0.2, -0.15) is 0 Å². The summed E-state index contributed by atoms with van der Waals surface area (Å²) in [5, 5.41) is 11.9. The van der Waals surface area contributed by atoms with Crippen molar-refractivity contribution in [3.05, 3.63) is 52.1 Å². The summed E-state index contributed by atoms with van der Waals surface area (Å²) >= 11 is 0. The minimum absolute atomic E-state index is 0.0563. The molecule has 2 aromatic rings. The molecule has 1 aromatic carbocycles. The first-order valence-electron chi connectivity index (χ1n) is 11.0. The Morgan fingerprint density at radius 2 is 1.81 bits per heavy atom. The van der Waals surface area contributed by atoms with Gasteiger partial charge in [-0.15, -0.1) is 0 Å². The lowest BCUT2D eigenvalue weighted by molar-refractivity contribution is -0.120. The van der Waals surface area contributed by atoms with Gasteiger partial charge in [0.05, 0.1) is 25.9 Å². The number of hydrogen-bond donors (Lipinski definition) is 2. The first-order valence-corrected chi connectivity index (χ1v) is 11.0. The molecule has 1 saturated heterocycles. The minimum atomic E-state index is -0.228. The molecule has 0 bridgehead atoms. The van der Waals surface area contributed by atoms with Gasteiger partial charge in [0.1, 0.15) is 5.75 Å². The van der Waals surface area contributed by atoms with Gasteiger partial charge in [0.25, 0.3) is 5.56 Å². The number of ether oxygens (including phenoxy) is 1. The lowest BCUT2D eigenvalue weighted by atomic mass is 10.2. The standard InChI is InChI=1S/C19H24N4O4.2C2H6/c1-27-16-6-4-14(5-7-16)11-23-12-15(3-2-10-24)21-18(19(23)26)22-9-8-20-17(25)13-22;2*1-2/h4-7,12,24H,2-3,8-11,13H2,1H3,(H,20,25);2*1-2H3. The van der Waals surface area contributed by atoms with Gasteiger partial charge in [-0.25, -0.2) is 4.98 Å². The number of aromatic nitrogens is 2. The molecule has 0 unspecified atom stereocenters. The molecule has 1 aromatic heterocycles. The van der Waals surface area contributed by atoms with Crippen molar-refractivity contribution in [1.29, 1.82) is 0 Å². The molecule has 172 valence electrons. The fraction of sp³-hybridized carbons (Fsp3) is 0.522. The third-order valence-electron chi connectivity index (χ3n) is 4.45. The maximum Gasteiger partial charge on any atom is 0.293 e. The van der Waals surface area contributed by atoms with E-state index in [1.54, 1.807) is 22.8 Å². The van der Waals surface area contributed by atoms with Crippen LogP contribution >= 0.6 is 0 Å². The topological polar surface area (TPSA) is 96.7 Å². The summed E-state index contributed by atoms with van der Waals surface area (Å²) in [5.41, 5.74) is 1.45. The Kier molecular flexibility index (Phi) is 12.0. The maximum atomic E-state index is 13.0. The zero-order valence-electron chi connectivity index (χ0n) is 19.4. The number of carbonyl (C=O) groups is 1. The van der Waals surface area contributed by atoms with Crippen LogP contribution in [0.2, 0.25) is 0 Å². The number of anilines is 1. The summed E-state index contributed by atoms with van der Waals surface area (Å²) in [7, 11) is 1.61. The maximum absolute atomic E-state index is 13.0. The molecule has 0 atom stereocenters. The first kappa shape index (κ1) is 26.2. The quantitative estimate of drug-likeness (QED) is 0.696. The van der Waals surface area contributed by atoms with Crippen molar-refractivity contribution in [3.63, 3.8) is 0 Å². The van der Waals surface area contributed by atoms with Gasteiger partial charge in [-0.3, -0.25) is 9.59 Å². The molecule has 1 fully saturated rings. The smallest absolute Gasteiger partial charge is 0.293 e. The first-order chi connectivity index (χ1) is 15.1. The van der Waals surface area contributed by atoms with E-state index in [0.29, 0.717) is 32.5 Å². The minimum Gasteiger partial charge on any atom is -0.497 e. The number of aliphatic hydroxyl groups is 1. The van der Waals surface area contributed by atoms with Crippen LogP contribution < -0.4 is 20.5 Å². The number of piperazine rings is 1. The molecule has 31 heavy (non-hydrogen) atoms. The Hall–Kier alpha value is -2.87. The van der Waals surface area contributed by atoms with Gasteiger partial charge in [-0.05, 0) is 30.5 Å². The Labute approximate surface area is 184 Å². The fourth-order valence-electron chi connectivity index (χ4n) is 3.03. The highest BCUT2D eigenvalue weighted by molar-refractivity contribution is 5.82. The van der Waals surface area contributed by atoms with E-state index in [0.717, 1.165) is 17.0 Å². The molecule has 8 nitrogen and oxygen atoms in total. The normalized spacial score (nSPS) is 12.7. The monoisotopic (exact) mass is 432 g/mol. The second-order valence-corrected chi connectivity index (χ2v) is 6.44. The van der Waals surface area contributed by atoms with Crippen LogP contribution in [-0.2, 0) is 17.8 Å². The van der Waals surface area contributed by atoms with Crippen molar-refractivity contribution < 1.29 is 14.6 Å². The average molecular weight is 433 g/mol. The highest BCUT2D eigenvalue weighted by atomic mass is 16.5. The highest BCUT2D eigenvalue weighted by Gasteiger charge is 2.22. The summed E-state index contributed by atoms with van der Waals surface area (Å²) in [6, 6.07) is 7.52. The predicted octanol–water partition coefficient (Wildman–Crippen LogP) is 2.21. The van der Waals surface area contributed by atoms with Crippen molar-refractivity contribution in [1.82, 2.24) is 14.9 Å². The predicted molar refractivity (Wildman–Crippen MR) is 124 cm³/mol. The third kappa shape index (κ3) is 7.71. The Morgan fingerprint density at radius 3 is 2.39 bits per heavy atom. The van der Waals surface area contributed by atoms with Gasteiger partial charge in [-0.1, -0.05) is 39.8 Å². The zero-order valence-corrected chi connectivity index (χ0v) is 19.4. The molecule has 0 saturated carbocycles. The number of nitrogens with one attached hydrogen (secondary N) is 1. The Balaban J connectivity index is 0.00000113.